The minimum Gasteiger partial charge on any atom is -0.310 e. The van der Waals surface area contributed by atoms with Gasteiger partial charge in [-0.25, -0.2) is 4.98 Å². The van der Waals surface area contributed by atoms with E-state index in [-0.39, 0.29) is 10.9 Å². The van der Waals surface area contributed by atoms with Gasteiger partial charge in [0.1, 0.15) is 5.82 Å². The van der Waals surface area contributed by atoms with Crippen LogP contribution >= 0.6 is 0 Å². The molecule has 1 aromatic heterocycles. The molecule has 1 N–H and O–H groups in total. The number of hydrogen-bond acceptors (Lipinski definition) is 2. The molecule has 0 aliphatic heterocycles. The number of nitrogens with one attached hydrogen (secondary N) is 1. The third kappa shape index (κ3) is 0.993. The van der Waals surface area contributed by atoms with Crippen molar-refractivity contribution in [1.29, 1.82) is 0 Å². The Bertz CT molecular complexity index is 734. The molecule has 1 heterocycles. The lowest BCUT2D eigenvalue weighted by Crippen LogP contribution is -2.09. The molecule has 0 aliphatic rings. The van der Waals surface area contributed by atoms with E-state index in [1.165, 1.54) is 0 Å². The Kier molecular flexibility index (Phi) is 0.548. The van der Waals surface area contributed by atoms with Crippen LogP contribution < -0.4 is 5.56 Å². The first-order chi connectivity index (χ1) is 8.64. The number of H-pyrrole nitrogens is 1. The first kappa shape index (κ1) is 2.69. The monoisotopic (exact) mass is 167 g/mol. The Morgan fingerprint density at radius 1 is 1.58 bits per heavy atom. The number of aromatic nitrogens is 2. The first-order valence-electron chi connectivity index (χ1n) is 6.65. The molecule has 0 aliphatic carbocycles. The van der Waals surface area contributed by atoms with Crippen LogP contribution in [0.25, 0.3) is 10.9 Å². The van der Waals surface area contributed by atoms with Crippen molar-refractivity contribution < 1.29 is 9.60 Å². The summed E-state index contributed by atoms with van der Waals surface area (Å²) in [6.07, 6.45) is 0. The number of fused-ring (bicyclic) bond motifs is 1. The molecule has 0 bridgehead atoms. The standard InChI is InChI=1S/C9H8N2O/c1-6-10-8-5-3-2-4-7(8)9(12)11-6/h2-5H,1H3,(H,10,11,12)/i1D3,2D,3D,4D,5D. The van der Waals surface area contributed by atoms with Crippen molar-refractivity contribution in [3.63, 3.8) is 0 Å². The van der Waals surface area contributed by atoms with Gasteiger partial charge >= 0.3 is 0 Å². The maximum atomic E-state index is 11.8. The van der Waals surface area contributed by atoms with Crippen molar-refractivity contribution in [3.05, 3.63) is 40.3 Å². The predicted molar refractivity (Wildman–Crippen MR) is 47.1 cm³/mol. The van der Waals surface area contributed by atoms with Crippen molar-refractivity contribution in [2.24, 2.45) is 0 Å². The summed E-state index contributed by atoms with van der Waals surface area (Å²) in [6, 6.07) is -2.20. The average Bonchev–Trinajstić information content (AvgIpc) is 2.31. The van der Waals surface area contributed by atoms with Crippen LogP contribution in [0, 0.1) is 6.85 Å². The van der Waals surface area contributed by atoms with E-state index in [1.807, 2.05) is 4.98 Å². The highest BCUT2D eigenvalue weighted by Crippen LogP contribution is 2.04. The van der Waals surface area contributed by atoms with E-state index in [0.29, 0.717) is 0 Å². The number of hydrogen-bond donors (Lipinski definition) is 1. The first-order valence-corrected chi connectivity index (χ1v) is 3.15. The second-order valence-corrected chi connectivity index (χ2v) is 2.14. The van der Waals surface area contributed by atoms with Crippen LogP contribution in [-0.4, -0.2) is 9.97 Å². The number of aryl methyl sites for hydroxylation is 1. The highest BCUT2D eigenvalue weighted by Gasteiger charge is 1.97. The quantitative estimate of drug-likeness (QED) is 0.641. The smallest absolute Gasteiger partial charge is 0.258 e. The van der Waals surface area contributed by atoms with E-state index >= 15 is 0 Å². The zero-order chi connectivity index (χ0) is 14.5. The summed E-state index contributed by atoms with van der Waals surface area (Å²) >= 11 is 0. The van der Waals surface area contributed by atoms with Gasteiger partial charge in [-0.3, -0.25) is 4.79 Å². The Morgan fingerprint density at radius 2 is 2.42 bits per heavy atom. The van der Waals surface area contributed by atoms with Gasteiger partial charge in [0.2, 0.25) is 0 Å². The van der Waals surface area contributed by atoms with Crippen molar-refractivity contribution in [2.75, 3.05) is 0 Å². The zero-order valence-electron chi connectivity index (χ0n) is 12.9. The molecular formula is C9H8N2O. The second kappa shape index (κ2) is 2.44. The summed E-state index contributed by atoms with van der Waals surface area (Å²) in [5, 5.41) is -0.348. The molecule has 0 radical (unpaired) electrons. The van der Waals surface area contributed by atoms with E-state index in [1.54, 1.807) is 0 Å². The van der Waals surface area contributed by atoms with Gasteiger partial charge in [0, 0.05) is 4.11 Å². The van der Waals surface area contributed by atoms with Gasteiger partial charge in [-0.15, -0.1) is 0 Å². The predicted octanol–water partition coefficient (Wildman–Crippen LogP) is 1.23. The van der Waals surface area contributed by atoms with Crippen molar-refractivity contribution in [1.82, 2.24) is 9.97 Å². The van der Waals surface area contributed by atoms with E-state index in [9.17, 15) is 4.79 Å². The van der Waals surface area contributed by atoms with Crippen LogP contribution in [0.5, 0.6) is 0 Å². The summed E-state index contributed by atoms with van der Waals surface area (Å²) in [5.74, 6) is -0.602. The van der Waals surface area contributed by atoms with Crippen LogP contribution in [0.2, 0.25) is 0 Å². The summed E-state index contributed by atoms with van der Waals surface area (Å²) in [7, 11) is 0. The number of nitrogens with zero attached hydrogens (tertiary/aromatic N) is 1. The fourth-order valence-corrected chi connectivity index (χ4v) is 0.864. The number of para-hydroxylation sites is 1. The molecule has 0 amide bonds. The Hall–Kier alpha value is -1.64. The van der Waals surface area contributed by atoms with Gasteiger partial charge in [-0.05, 0) is 18.9 Å². The number of rotatable bonds is 0. The van der Waals surface area contributed by atoms with E-state index in [0.717, 1.165) is 0 Å². The van der Waals surface area contributed by atoms with Crippen LogP contribution in [0.3, 0.4) is 0 Å². The number of aromatic amines is 1. The molecule has 0 atom stereocenters. The third-order valence-electron chi connectivity index (χ3n) is 1.35. The van der Waals surface area contributed by atoms with Crippen molar-refractivity contribution in [3.8, 4) is 0 Å². The fourth-order valence-electron chi connectivity index (χ4n) is 0.864. The second-order valence-electron chi connectivity index (χ2n) is 2.14. The Morgan fingerprint density at radius 3 is 3.25 bits per heavy atom. The van der Waals surface area contributed by atoms with Gasteiger partial charge in [0.15, 0.2) is 0 Å². The van der Waals surface area contributed by atoms with Crippen molar-refractivity contribution >= 4 is 10.9 Å². The molecular weight excluding hydrogens is 152 g/mol. The van der Waals surface area contributed by atoms with Gasteiger partial charge in [0.05, 0.1) is 16.4 Å². The third-order valence-corrected chi connectivity index (χ3v) is 1.35. The van der Waals surface area contributed by atoms with Gasteiger partial charge < -0.3 is 4.98 Å². The Labute approximate surface area is 78.9 Å². The van der Waals surface area contributed by atoms with E-state index < -0.39 is 42.4 Å². The number of benzene rings is 1. The van der Waals surface area contributed by atoms with Gasteiger partial charge in [-0.1, -0.05) is 12.1 Å². The largest absolute Gasteiger partial charge is 0.310 e. The molecule has 3 heteroatoms. The molecule has 2 aromatic rings. The minimum absolute atomic E-state index is 0.346. The van der Waals surface area contributed by atoms with Gasteiger partial charge in [-0.2, -0.15) is 0 Å². The fraction of sp³-hybridized carbons (Fsp3) is 0.111. The van der Waals surface area contributed by atoms with Gasteiger partial charge in [0.25, 0.3) is 5.56 Å². The highest BCUT2D eigenvalue weighted by atomic mass is 16.1. The molecule has 60 valence electrons. The summed E-state index contributed by atoms with van der Waals surface area (Å²) in [4.78, 5) is 17.5. The molecule has 0 saturated carbocycles. The minimum atomic E-state index is -2.66. The van der Waals surface area contributed by atoms with Crippen molar-refractivity contribution in [2.45, 2.75) is 6.85 Å². The summed E-state index contributed by atoms with van der Waals surface area (Å²) in [6.45, 7) is -2.66. The van der Waals surface area contributed by atoms with Crippen LogP contribution in [0.15, 0.2) is 29.0 Å². The van der Waals surface area contributed by atoms with E-state index in [4.69, 9.17) is 9.60 Å². The average molecular weight is 167 g/mol. The van der Waals surface area contributed by atoms with Crippen LogP contribution in [0.1, 0.15) is 15.4 Å². The Balaban J connectivity index is 3.02. The lowest BCUT2D eigenvalue weighted by atomic mass is 10.2. The topological polar surface area (TPSA) is 45.8 Å². The maximum absolute atomic E-state index is 11.8. The molecule has 12 heavy (non-hydrogen) atoms. The SMILES string of the molecule is [2H]c1c([2H])c([2H])c2c(=O)[nH]c(C([2H])([2H])[2H])nc2c1[2H]. The van der Waals surface area contributed by atoms with Crippen LogP contribution in [0.4, 0.5) is 0 Å². The molecule has 0 fully saturated rings. The lowest BCUT2D eigenvalue weighted by molar-refractivity contribution is 1.06. The van der Waals surface area contributed by atoms with E-state index in [2.05, 4.69) is 4.98 Å². The normalized spacial score (nSPS) is 19.8. The molecule has 0 spiro atoms. The molecule has 2 rings (SSSR count). The summed E-state index contributed by atoms with van der Waals surface area (Å²) in [5.41, 5.74) is -1.25. The zero-order valence-corrected chi connectivity index (χ0v) is 5.86. The summed E-state index contributed by atoms with van der Waals surface area (Å²) < 4.78 is 51.7. The molecule has 0 saturated heterocycles. The lowest BCUT2D eigenvalue weighted by Gasteiger charge is -1.95. The van der Waals surface area contributed by atoms with Crippen LogP contribution in [-0.2, 0) is 0 Å². The molecule has 1 aromatic carbocycles. The molecule has 0 unspecified atom stereocenters. The molecule has 3 nitrogen and oxygen atoms in total. The maximum Gasteiger partial charge on any atom is 0.258 e. The highest BCUT2D eigenvalue weighted by molar-refractivity contribution is 5.76.